The van der Waals surface area contributed by atoms with Crippen LogP contribution in [0, 0.1) is 5.92 Å². The Bertz CT molecular complexity index is 798. The molecule has 138 valence electrons. The normalized spacial score (nSPS) is 21.2. The van der Waals surface area contributed by atoms with Gasteiger partial charge in [0.05, 0.1) is 14.2 Å². The second kappa shape index (κ2) is 7.70. The number of rotatable bonds is 4. The van der Waals surface area contributed by atoms with Crippen molar-refractivity contribution in [3.05, 3.63) is 42.1 Å². The predicted octanol–water partition coefficient (Wildman–Crippen LogP) is 2.87. The van der Waals surface area contributed by atoms with Gasteiger partial charge in [0.2, 0.25) is 11.8 Å². The summed E-state index contributed by atoms with van der Waals surface area (Å²) in [5, 5.41) is 14.8. The molecule has 26 heavy (non-hydrogen) atoms. The zero-order valence-corrected chi connectivity index (χ0v) is 15.3. The van der Waals surface area contributed by atoms with Crippen LogP contribution in [0.4, 0.5) is 0 Å². The quantitative estimate of drug-likeness (QED) is 0.909. The molecule has 0 bridgehead atoms. The smallest absolute Gasteiger partial charge is 0.212 e. The van der Waals surface area contributed by atoms with Gasteiger partial charge < -0.3 is 19.1 Å². The summed E-state index contributed by atoms with van der Waals surface area (Å²) < 4.78 is 16.1. The number of methoxy groups -OCH3 is 2. The number of ether oxygens (including phenoxy) is 2. The molecule has 0 unspecified atom stereocenters. The molecule has 3 atom stereocenters. The second-order valence-electron chi connectivity index (χ2n) is 6.40. The number of benzene rings is 1. The van der Waals surface area contributed by atoms with Gasteiger partial charge in [-0.25, -0.2) is 9.98 Å². The third kappa shape index (κ3) is 3.48. The molecular weight excluding hydrogens is 334 g/mol. The van der Waals surface area contributed by atoms with Gasteiger partial charge in [0.15, 0.2) is 11.8 Å². The molecule has 0 amide bonds. The molecule has 2 aromatic rings. The van der Waals surface area contributed by atoms with Gasteiger partial charge in [-0.05, 0) is 5.92 Å². The summed E-state index contributed by atoms with van der Waals surface area (Å²) in [6.45, 7) is 4.05. The molecule has 0 spiro atoms. The second-order valence-corrected chi connectivity index (χ2v) is 6.40. The molecule has 1 aromatic carbocycles. The van der Waals surface area contributed by atoms with Gasteiger partial charge in [0.25, 0.3) is 0 Å². The van der Waals surface area contributed by atoms with Crippen LogP contribution in [-0.4, -0.2) is 48.4 Å². The summed E-state index contributed by atoms with van der Waals surface area (Å²) in [5.74, 6) is 1.58. The van der Waals surface area contributed by atoms with Gasteiger partial charge in [0, 0.05) is 11.6 Å². The van der Waals surface area contributed by atoms with Crippen molar-refractivity contribution in [3.8, 4) is 11.3 Å². The SMILES string of the molecule is COC1=N[C@H]([C@H](O)c2cc(-c3ccccc3)on2)C(OC)=N[C@H]1C(C)C. The van der Waals surface area contributed by atoms with Crippen molar-refractivity contribution in [1.29, 1.82) is 0 Å². The van der Waals surface area contributed by atoms with Gasteiger partial charge in [-0.15, -0.1) is 0 Å². The molecule has 0 saturated heterocycles. The van der Waals surface area contributed by atoms with E-state index in [9.17, 15) is 5.11 Å². The molecule has 0 fully saturated rings. The number of hydrogen-bond donors (Lipinski definition) is 1. The Morgan fingerprint density at radius 1 is 1.00 bits per heavy atom. The van der Waals surface area contributed by atoms with Crippen LogP contribution in [0.5, 0.6) is 0 Å². The summed E-state index contributed by atoms with van der Waals surface area (Å²) in [4.78, 5) is 9.09. The molecule has 7 nitrogen and oxygen atoms in total. The lowest BCUT2D eigenvalue weighted by atomic mass is 10.0. The van der Waals surface area contributed by atoms with E-state index in [-0.39, 0.29) is 12.0 Å². The fourth-order valence-electron chi connectivity index (χ4n) is 2.85. The number of aliphatic hydroxyl groups excluding tert-OH is 1. The maximum Gasteiger partial charge on any atom is 0.212 e. The van der Waals surface area contributed by atoms with Crippen molar-refractivity contribution < 1.29 is 19.1 Å². The van der Waals surface area contributed by atoms with Crippen molar-refractivity contribution in [2.75, 3.05) is 14.2 Å². The molecular formula is C19H23N3O4. The van der Waals surface area contributed by atoms with Gasteiger partial charge in [-0.3, -0.25) is 0 Å². The van der Waals surface area contributed by atoms with Gasteiger partial charge in [-0.2, -0.15) is 0 Å². The molecule has 7 heteroatoms. The minimum absolute atomic E-state index is 0.189. The maximum atomic E-state index is 10.8. The van der Waals surface area contributed by atoms with Crippen molar-refractivity contribution in [1.82, 2.24) is 5.16 Å². The Morgan fingerprint density at radius 3 is 2.23 bits per heavy atom. The molecule has 3 rings (SSSR count). The Labute approximate surface area is 152 Å². The third-order valence-electron chi connectivity index (χ3n) is 4.28. The van der Waals surface area contributed by atoms with Crippen LogP contribution in [0.2, 0.25) is 0 Å². The van der Waals surface area contributed by atoms with E-state index in [2.05, 4.69) is 15.1 Å². The van der Waals surface area contributed by atoms with Crippen LogP contribution in [0.1, 0.15) is 25.6 Å². The fourth-order valence-corrected chi connectivity index (χ4v) is 2.85. The number of hydrogen-bond acceptors (Lipinski definition) is 7. The first-order valence-electron chi connectivity index (χ1n) is 8.48. The number of aliphatic hydroxyl groups is 1. The Hall–Kier alpha value is -2.67. The van der Waals surface area contributed by atoms with Crippen LogP contribution in [0.3, 0.4) is 0 Å². The highest BCUT2D eigenvalue weighted by atomic mass is 16.5. The summed E-state index contributed by atoms with van der Waals surface area (Å²) in [5.41, 5.74) is 1.24. The highest BCUT2D eigenvalue weighted by molar-refractivity contribution is 5.94. The first kappa shape index (κ1) is 18.1. The topological polar surface area (TPSA) is 89.4 Å². The van der Waals surface area contributed by atoms with E-state index >= 15 is 0 Å². The van der Waals surface area contributed by atoms with Crippen LogP contribution in [-0.2, 0) is 9.47 Å². The Morgan fingerprint density at radius 2 is 1.62 bits per heavy atom. The standard InChI is InChI=1S/C19H23N3O4/c1-11(2)15-18(24-3)21-16(19(20-15)25-4)17(23)13-10-14(26-22-13)12-8-6-5-7-9-12/h5-11,15-17,23H,1-4H3/t15-,16+,17+/m0/s1. The lowest BCUT2D eigenvalue weighted by Crippen LogP contribution is -2.40. The summed E-state index contributed by atoms with van der Waals surface area (Å²) in [7, 11) is 3.07. The maximum absolute atomic E-state index is 10.8. The highest BCUT2D eigenvalue weighted by Crippen LogP contribution is 2.28. The van der Waals surface area contributed by atoms with E-state index in [1.165, 1.54) is 7.11 Å². The molecule has 1 aromatic heterocycles. The van der Waals surface area contributed by atoms with E-state index < -0.39 is 12.1 Å². The van der Waals surface area contributed by atoms with Crippen LogP contribution in [0.25, 0.3) is 11.3 Å². The predicted molar refractivity (Wildman–Crippen MR) is 98.2 cm³/mol. The summed E-state index contributed by atoms with van der Waals surface area (Å²) >= 11 is 0. The molecule has 0 radical (unpaired) electrons. The molecule has 1 N–H and O–H groups in total. The van der Waals surface area contributed by atoms with Crippen molar-refractivity contribution in [2.24, 2.45) is 15.9 Å². The van der Waals surface area contributed by atoms with Gasteiger partial charge >= 0.3 is 0 Å². The fraction of sp³-hybridized carbons (Fsp3) is 0.421. The van der Waals surface area contributed by atoms with E-state index in [4.69, 9.17) is 14.0 Å². The summed E-state index contributed by atoms with van der Waals surface area (Å²) in [6, 6.07) is 10.3. The average Bonchev–Trinajstić information content (AvgIpc) is 3.17. The molecule has 1 aliphatic heterocycles. The molecule has 2 heterocycles. The molecule has 0 aliphatic carbocycles. The average molecular weight is 357 g/mol. The summed E-state index contributed by atoms with van der Waals surface area (Å²) in [6.07, 6.45) is -1.06. The zero-order chi connectivity index (χ0) is 18.7. The van der Waals surface area contributed by atoms with Gasteiger partial charge in [-0.1, -0.05) is 49.3 Å². The van der Waals surface area contributed by atoms with E-state index in [1.807, 2.05) is 44.2 Å². The van der Waals surface area contributed by atoms with Crippen LogP contribution < -0.4 is 0 Å². The molecule has 1 aliphatic rings. The molecule has 0 saturated carbocycles. The number of aliphatic imine (C=N–C) groups is 2. The van der Waals surface area contributed by atoms with Crippen molar-refractivity contribution in [2.45, 2.75) is 32.0 Å². The van der Waals surface area contributed by atoms with E-state index in [1.54, 1.807) is 13.2 Å². The Kier molecular flexibility index (Phi) is 5.37. The minimum Gasteiger partial charge on any atom is -0.483 e. The minimum atomic E-state index is -1.06. The third-order valence-corrected chi connectivity index (χ3v) is 4.28. The number of nitrogens with zero attached hydrogens (tertiary/aromatic N) is 3. The van der Waals surface area contributed by atoms with Crippen molar-refractivity contribution in [3.63, 3.8) is 0 Å². The lowest BCUT2D eigenvalue weighted by Gasteiger charge is -2.28. The Balaban J connectivity index is 1.89. The largest absolute Gasteiger partial charge is 0.483 e. The monoisotopic (exact) mass is 357 g/mol. The first-order chi connectivity index (χ1) is 12.5. The highest BCUT2D eigenvalue weighted by Gasteiger charge is 2.36. The first-order valence-corrected chi connectivity index (χ1v) is 8.48. The number of aromatic nitrogens is 1. The van der Waals surface area contributed by atoms with Crippen molar-refractivity contribution >= 4 is 11.8 Å². The zero-order valence-electron chi connectivity index (χ0n) is 15.3. The van der Waals surface area contributed by atoms with E-state index in [0.717, 1.165) is 5.56 Å². The lowest BCUT2D eigenvalue weighted by molar-refractivity contribution is 0.146. The van der Waals surface area contributed by atoms with Crippen LogP contribution in [0.15, 0.2) is 50.9 Å². The van der Waals surface area contributed by atoms with E-state index in [0.29, 0.717) is 23.2 Å². The van der Waals surface area contributed by atoms with Crippen LogP contribution >= 0.6 is 0 Å². The van der Waals surface area contributed by atoms with Gasteiger partial charge in [0.1, 0.15) is 17.8 Å².